The van der Waals surface area contributed by atoms with Crippen LogP contribution in [0, 0.1) is 0 Å². The summed E-state index contributed by atoms with van der Waals surface area (Å²) in [5.74, 6) is 0. The van der Waals surface area contributed by atoms with Crippen molar-refractivity contribution < 1.29 is 4.79 Å². The molecule has 10 heavy (non-hydrogen) atoms. The summed E-state index contributed by atoms with van der Waals surface area (Å²) >= 11 is 5.86. The molecule has 0 fully saturated rings. The second-order valence-corrected chi connectivity index (χ2v) is 3.18. The molecule has 64 valence electrons. The Morgan fingerprint density at radius 2 is 1.70 bits per heavy atom. The van der Waals surface area contributed by atoms with Gasteiger partial charge in [0.1, 0.15) is 0 Å². The Labute approximate surface area is 84.2 Å². The van der Waals surface area contributed by atoms with Crippen molar-refractivity contribution >= 4 is 47.5 Å². The number of hydrogen-bond donors (Lipinski definition) is 0. The van der Waals surface area contributed by atoms with Crippen LogP contribution >= 0.6 is 31.9 Å². The summed E-state index contributed by atoms with van der Waals surface area (Å²) < 4.78 is 0.0550. The lowest BCUT2D eigenvalue weighted by Gasteiger charge is -1.77. The molecule has 0 amide bonds. The van der Waals surface area contributed by atoms with Crippen molar-refractivity contribution in [1.82, 2.24) is 0 Å². The first-order chi connectivity index (χ1) is 4.18. The second kappa shape index (κ2) is 16.4. The highest BCUT2D eigenvalue weighted by atomic mass is 79.9. The van der Waals surface area contributed by atoms with Crippen molar-refractivity contribution in [1.29, 1.82) is 0 Å². The fourth-order valence-corrected chi connectivity index (χ4v) is 1.16. The maximum Gasteiger partial charge on any atom is 0.198 e. The fraction of sp³-hybridized carbons (Fsp3) is 0.833. The first-order valence-electron chi connectivity index (χ1n) is 2.93. The molecule has 0 spiro atoms. The fourth-order valence-electron chi connectivity index (χ4n) is 0.0743. The lowest BCUT2D eigenvalue weighted by Crippen LogP contribution is -1.82. The first kappa shape index (κ1) is 17.1. The Hall–Kier alpha value is 0.847. The van der Waals surface area contributed by atoms with E-state index in [0.717, 1.165) is 5.33 Å². The normalized spacial score (nSPS) is 6.80. The molecule has 0 radical (unpaired) electrons. The maximum absolute atomic E-state index is 9.93. The van der Waals surface area contributed by atoms with Crippen molar-refractivity contribution in [3.8, 4) is 0 Å². The third kappa shape index (κ3) is 36.8. The summed E-state index contributed by atoms with van der Waals surface area (Å²) in [6.45, 7) is 4.25. The van der Waals surface area contributed by atoms with Gasteiger partial charge in [0, 0.05) is 11.8 Å². The van der Waals surface area contributed by atoms with Gasteiger partial charge in [0.05, 0.1) is 0 Å². The van der Waals surface area contributed by atoms with Gasteiger partial charge in [0.25, 0.3) is 0 Å². The van der Waals surface area contributed by atoms with Gasteiger partial charge in [-0.15, -0.1) is 0 Å². The summed E-state index contributed by atoms with van der Waals surface area (Å²) in [7, 11) is 0. The van der Waals surface area contributed by atoms with E-state index in [2.05, 4.69) is 45.7 Å². The van der Waals surface area contributed by atoms with Crippen LogP contribution < -0.4 is 0 Å². The van der Waals surface area contributed by atoms with E-state index >= 15 is 0 Å². The number of carbonyl (C=O) groups is 1. The number of rotatable bonds is 2. The third-order valence-corrected chi connectivity index (χ3v) is 1.08. The largest absolute Gasteiger partial charge is 0.287 e. The van der Waals surface area contributed by atoms with Crippen molar-refractivity contribution in [3.63, 3.8) is 0 Å². The summed E-state index contributed by atoms with van der Waals surface area (Å²) in [4.78, 5) is 9.93. The predicted molar refractivity (Wildman–Crippen MR) is 59.6 cm³/mol. The SMILES string of the molecule is CCC.O=C(Br)CCBr.[SiH4]. The second-order valence-electron chi connectivity index (χ2n) is 1.50. The topological polar surface area (TPSA) is 17.1 Å². The average Bonchev–Trinajstić information content (AvgIpc) is 1.67. The number of halogens is 2. The molecule has 0 atom stereocenters. The molecule has 1 nitrogen and oxygen atoms in total. The smallest absolute Gasteiger partial charge is 0.198 e. The molecule has 0 aliphatic rings. The zero-order chi connectivity index (χ0) is 7.70. The average molecular weight is 292 g/mol. The summed E-state index contributed by atoms with van der Waals surface area (Å²) in [6.07, 6.45) is 1.82. The van der Waals surface area contributed by atoms with Gasteiger partial charge in [-0.2, -0.15) is 0 Å². The van der Waals surface area contributed by atoms with Gasteiger partial charge in [-0.25, -0.2) is 0 Å². The van der Waals surface area contributed by atoms with Crippen molar-refractivity contribution in [2.75, 3.05) is 5.33 Å². The number of hydrogen-bond acceptors (Lipinski definition) is 1. The quantitative estimate of drug-likeness (QED) is 0.430. The highest BCUT2D eigenvalue weighted by Crippen LogP contribution is 1.93. The lowest BCUT2D eigenvalue weighted by molar-refractivity contribution is -0.109. The Balaban J connectivity index is -0.000000107. The van der Waals surface area contributed by atoms with Gasteiger partial charge in [-0.05, 0) is 26.9 Å². The van der Waals surface area contributed by atoms with Crippen LogP contribution in [0.25, 0.3) is 0 Å². The van der Waals surface area contributed by atoms with Crippen LogP contribution in [-0.4, -0.2) is 21.0 Å². The molecule has 0 aliphatic carbocycles. The minimum Gasteiger partial charge on any atom is -0.287 e. The predicted octanol–water partition coefficient (Wildman–Crippen LogP) is 1.66. The molecule has 0 aromatic heterocycles. The molecular weight excluding hydrogens is 276 g/mol. The van der Waals surface area contributed by atoms with Crippen LogP contribution in [0.3, 0.4) is 0 Å². The van der Waals surface area contributed by atoms with Crippen LogP contribution in [0.1, 0.15) is 26.7 Å². The van der Waals surface area contributed by atoms with Gasteiger partial charge in [-0.3, -0.25) is 4.79 Å². The molecule has 0 aromatic rings. The molecular formula is C6H16Br2OSi. The van der Waals surface area contributed by atoms with Gasteiger partial charge >= 0.3 is 0 Å². The third-order valence-electron chi connectivity index (χ3n) is 0.291. The van der Waals surface area contributed by atoms with E-state index < -0.39 is 0 Å². The van der Waals surface area contributed by atoms with Crippen molar-refractivity contribution in [2.24, 2.45) is 0 Å². The molecule has 0 unspecified atom stereocenters. The molecule has 0 aromatic carbocycles. The molecule has 0 saturated heterocycles. The minimum atomic E-state index is 0. The van der Waals surface area contributed by atoms with E-state index in [4.69, 9.17) is 0 Å². The van der Waals surface area contributed by atoms with Gasteiger partial charge in [0.15, 0.2) is 4.69 Å². The Morgan fingerprint density at radius 1 is 1.40 bits per heavy atom. The number of carbonyl (C=O) groups excluding carboxylic acids is 1. The zero-order valence-electron chi connectivity index (χ0n) is 5.79. The Kier molecular flexibility index (Phi) is 28.1. The van der Waals surface area contributed by atoms with E-state index in [0.29, 0.717) is 6.42 Å². The van der Waals surface area contributed by atoms with Crippen LogP contribution in [0.5, 0.6) is 0 Å². The van der Waals surface area contributed by atoms with Crippen molar-refractivity contribution in [2.45, 2.75) is 26.7 Å². The van der Waals surface area contributed by atoms with E-state index in [9.17, 15) is 4.79 Å². The molecule has 0 bridgehead atoms. The van der Waals surface area contributed by atoms with Crippen LogP contribution in [0.2, 0.25) is 0 Å². The van der Waals surface area contributed by atoms with Crippen molar-refractivity contribution in [3.05, 3.63) is 0 Å². The van der Waals surface area contributed by atoms with Gasteiger partial charge in [-0.1, -0.05) is 36.2 Å². The molecule has 0 aliphatic heterocycles. The lowest BCUT2D eigenvalue weighted by atomic mass is 10.6. The Bertz CT molecular complexity index is 68.8. The van der Waals surface area contributed by atoms with Gasteiger partial charge in [0.2, 0.25) is 0 Å². The number of alkyl halides is 1. The van der Waals surface area contributed by atoms with Gasteiger partial charge < -0.3 is 0 Å². The molecule has 0 heterocycles. The highest BCUT2D eigenvalue weighted by Gasteiger charge is 1.87. The Morgan fingerprint density at radius 3 is 1.70 bits per heavy atom. The van der Waals surface area contributed by atoms with E-state index in [-0.39, 0.29) is 15.7 Å². The minimum absolute atomic E-state index is 0. The highest BCUT2D eigenvalue weighted by molar-refractivity contribution is 9.18. The molecule has 0 N–H and O–H groups in total. The van der Waals surface area contributed by atoms with E-state index in [1.807, 2.05) is 0 Å². The standard InChI is InChI=1S/C3H4Br2O.C3H8.H4Si/c4-2-1-3(5)6;1-3-2;/h1-2H2;3H2,1-2H3;1H4. The van der Waals surface area contributed by atoms with Crippen LogP contribution in [-0.2, 0) is 4.79 Å². The summed E-state index contributed by atoms with van der Waals surface area (Å²) in [5, 5.41) is 0.747. The van der Waals surface area contributed by atoms with E-state index in [1.165, 1.54) is 6.42 Å². The first-order valence-corrected chi connectivity index (χ1v) is 4.84. The molecule has 0 saturated carbocycles. The monoisotopic (exact) mass is 290 g/mol. The maximum atomic E-state index is 9.93. The van der Waals surface area contributed by atoms with Crippen LogP contribution in [0.15, 0.2) is 0 Å². The molecule has 0 rings (SSSR count). The summed E-state index contributed by atoms with van der Waals surface area (Å²) in [5.41, 5.74) is 0. The van der Waals surface area contributed by atoms with Crippen LogP contribution in [0.4, 0.5) is 0 Å². The zero-order valence-corrected chi connectivity index (χ0v) is 8.96. The summed E-state index contributed by atoms with van der Waals surface area (Å²) in [6, 6.07) is 0. The molecule has 4 heteroatoms. The van der Waals surface area contributed by atoms with E-state index in [1.54, 1.807) is 0 Å².